The van der Waals surface area contributed by atoms with Crippen LogP contribution in [0.2, 0.25) is 0 Å². The third-order valence-electron chi connectivity index (χ3n) is 2.51. The summed E-state index contributed by atoms with van der Waals surface area (Å²) in [6, 6.07) is 5.94. The molecule has 0 aliphatic carbocycles. The fourth-order valence-electron chi connectivity index (χ4n) is 1.67. The van der Waals surface area contributed by atoms with Crippen LogP contribution in [0.15, 0.2) is 29.2 Å². The summed E-state index contributed by atoms with van der Waals surface area (Å²) in [5.74, 6) is -0.0908. The van der Waals surface area contributed by atoms with Crippen LogP contribution in [-0.2, 0) is 18.5 Å². The van der Waals surface area contributed by atoms with Crippen molar-refractivity contribution in [3.63, 3.8) is 0 Å². The number of nitrogens with one attached hydrogen (secondary N) is 1. The molecule has 0 saturated carbocycles. The number of hydrogen-bond donors (Lipinski definition) is 1. The molecule has 1 N–H and O–H groups in total. The van der Waals surface area contributed by atoms with Crippen molar-refractivity contribution in [1.29, 1.82) is 0 Å². The van der Waals surface area contributed by atoms with E-state index in [0.29, 0.717) is 9.90 Å². The fraction of sp³-hybridized carbons (Fsp3) is 0.308. The molecule has 8 heteroatoms. The molecule has 0 radical (unpaired) electrons. The lowest BCUT2D eigenvalue weighted by molar-refractivity contribution is -0.141. The Labute approximate surface area is 127 Å². The highest BCUT2D eigenvalue weighted by Gasteiger charge is 2.37. The summed E-state index contributed by atoms with van der Waals surface area (Å²) >= 11 is 2.28. The average molecular weight is 336 g/mol. The van der Waals surface area contributed by atoms with Gasteiger partial charge in [-0.3, -0.25) is 0 Å². The standard InChI is InChI=1S/C13H12F4N2S2/c1-18-6-10-12(13(15,16)17)19-11(21-10)7-20-9-4-2-3-8(14)5-9/h2-5,18H,6-7H2,1H3. The minimum atomic E-state index is -4.45. The zero-order valence-electron chi connectivity index (χ0n) is 11.0. The number of nitrogens with zero attached hydrogens (tertiary/aromatic N) is 1. The second-order valence-corrected chi connectivity index (χ2v) is 6.37. The predicted octanol–water partition coefficient (Wildman–Crippen LogP) is 4.31. The summed E-state index contributed by atoms with van der Waals surface area (Å²) in [5.41, 5.74) is -0.836. The van der Waals surface area contributed by atoms with Gasteiger partial charge in [0, 0.05) is 11.4 Å². The first-order valence-corrected chi connectivity index (χ1v) is 7.79. The summed E-state index contributed by atoms with van der Waals surface area (Å²) in [7, 11) is 1.58. The number of thiazole rings is 1. The van der Waals surface area contributed by atoms with Crippen molar-refractivity contribution < 1.29 is 17.6 Å². The van der Waals surface area contributed by atoms with Crippen molar-refractivity contribution >= 4 is 23.1 Å². The maximum absolute atomic E-state index is 13.0. The van der Waals surface area contributed by atoms with E-state index in [1.54, 1.807) is 19.2 Å². The first kappa shape index (κ1) is 16.3. The van der Waals surface area contributed by atoms with Gasteiger partial charge in [0.05, 0.1) is 10.6 Å². The molecule has 2 rings (SSSR count). The smallest absolute Gasteiger partial charge is 0.315 e. The lowest BCUT2D eigenvalue weighted by atomic mass is 10.3. The van der Waals surface area contributed by atoms with E-state index < -0.39 is 11.9 Å². The molecule has 1 heterocycles. The quantitative estimate of drug-likeness (QED) is 0.650. The number of benzene rings is 1. The van der Waals surface area contributed by atoms with Crippen LogP contribution in [0, 0.1) is 5.82 Å². The molecular weight excluding hydrogens is 324 g/mol. The Morgan fingerprint density at radius 1 is 1.33 bits per heavy atom. The topological polar surface area (TPSA) is 24.9 Å². The molecule has 0 aliphatic heterocycles. The van der Waals surface area contributed by atoms with Gasteiger partial charge in [0.25, 0.3) is 0 Å². The molecule has 21 heavy (non-hydrogen) atoms. The van der Waals surface area contributed by atoms with Gasteiger partial charge in [0.1, 0.15) is 10.8 Å². The van der Waals surface area contributed by atoms with Crippen molar-refractivity contribution in [2.75, 3.05) is 7.05 Å². The van der Waals surface area contributed by atoms with Crippen molar-refractivity contribution in [3.05, 3.63) is 45.7 Å². The van der Waals surface area contributed by atoms with E-state index in [2.05, 4.69) is 10.3 Å². The second-order valence-electron chi connectivity index (χ2n) is 4.15. The van der Waals surface area contributed by atoms with Gasteiger partial charge in [-0.25, -0.2) is 9.37 Å². The van der Waals surface area contributed by atoms with Gasteiger partial charge in [0.15, 0.2) is 5.69 Å². The van der Waals surface area contributed by atoms with E-state index in [1.165, 1.54) is 23.9 Å². The Hall–Kier alpha value is -1.12. The first-order valence-electron chi connectivity index (χ1n) is 5.99. The van der Waals surface area contributed by atoms with E-state index >= 15 is 0 Å². The third-order valence-corrected chi connectivity index (χ3v) is 4.75. The number of alkyl halides is 3. The Balaban J connectivity index is 2.13. The lowest BCUT2D eigenvalue weighted by Gasteiger charge is -2.04. The highest BCUT2D eigenvalue weighted by molar-refractivity contribution is 7.98. The molecule has 0 aliphatic rings. The van der Waals surface area contributed by atoms with Crippen LogP contribution >= 0.6 is 23.1 Å². The number of hydrogen-bond acceptors (Lipinski definition) is 4. The first-order chi connectivity index (χ1) is 9.90. The van der Waals surface area contributed by atoms with Crippen molar-refractivity contribution in [3.8, 4) is 0 Å². The largest absolute Gasteiger partial charge is 0.434 e. The van der Waals surface area contributed by atoms with Gasteiger partial charge < -0.3 is 5.32 Å². The van der Waals surface area contributed by atoms with Gasteiger partial charge in [-0.15, -0.1) is 23.1 Å². The minimum absolute atomic E-state index is 0.122. The van der Waals surface area contributed by atoms with Crippen LogP contribution in [0.25, 0.3) is 0 Å². The number of rotatable bonds is 5. The molecule has 1 aromatic heterocycles. The van der Waals surface area contributed by atoms with Crippen LogP contribution in [0.1, 0.15) is 15.6 Å². The summed E-state index contributed by atoms with van der Waals surface area (Å²) < 4.78 is 51.6. The molecule has 2 aromatic rings. The average Bonchev–Trinajstić information content (AvgIpc) is 2.80. The maximum atomic E-state index is 13.0. The zero-order valence-corrected chi connectivity index (χ0v) is 12.6. The summed E-state index contributed by atoms with van der Waals surface area (Å²) in [4.78, 5) is 4.50. The van der Waals surface area contributed by atoms with E-state index in [9.17, 15) is 17.6 Å². The number of thioether (sulfide) groups is 1. The second kappa shape index (κ2) is 6.76. The van der Waals surface area contributed by atoms with Crippen LogP contribution in [0.4, 0.5) is 17.6 Å². The molecule has 2 nitrogen and oxygen atoms in total. The highest BCUT2D eigenvalue weighted by Crippen LogP contribution is 2.36. The summed E-state index contributed by atoms with van der Waals surface area (Å²) in [6.45, 7) is 0.122. The maximum Gasteiger partial charge on any atom is 0.434 e. The lowest BCUT2D eigenvalue weighted by Crippen LogP contribution is -2.12. The van der Waals surface area contributed by atoms with Gasteiger partial charge in [-0.1, -0.05) is 6.07 Å². The molecule has 0 spiro atoms. The molecule has 0 unspecified atom stereocenters. The molecule has 0 saturated heterocycles. The van der Waals surface area contributed by atoms with Gasteiger partial charge >= 0.3 is 6.18 Å². The fourth-order valence-corrected chi connectivity index (χ4v) is 3.70. The van der Waals surface area contributed by atoms with E-state index in [4.69, 9.17) is 0 Å². The van der Waals surface area contributed by atoms with E-state index in [1.807, 2.05) is 0 Å². The Morgan fingerprint density at radius 3 is 2.71 bits per heavy atom. The Bertz CT molecular complexity index is 610. The molecule has 0 fully saturated rings. The summed E-state index contributed by atoms with van der Waals surface area (Å²) in [5, 5.41) is 3.08. The SMILES string of the molecule is CNCc1sc(CSc2cccc(F)c2)nc1C(F)(F)F. The summed E-state index contributed by atoms with van der Waals surface area (Å²) in [6.07, 6.45) is -4.45. The third kappa shape index (κ3) is 4.42. The zero-order chi connectivity index (χ0) is 15.5. The van der Waals surface area contributed by atoms with E-state index in [-0.39, 0.29) is 23.0 Å². The molecule has 0 bridgehead atoms. The Morgan fingerprint density at radius 2 is 2.10 bits per heavy atom. The predicted molar refractivity (Wildman–Crippen MR) is 75.8 cm³/mol. The molecule has 114 valence electrons. The molecule has 0 atom stereocenters. The molecule has 0 amide bonds. The van der Waals surface area contributed by atoms with Crippen LogP contribution in [-0.4, -0.2) is 12.0 Å². The number of aromatic nitrogens is 1. The van der Waals surface area contributed by atoms with Gasteiger partial charge in [0.2, 0.25) is 0 Å². The van der Waals surface area contributed by atoms with Crippen molar-refractivity contribution in [1.82, 2.24) is 10.3 Å². The molecular formula is C13H12F4N2S2. The van der Waals surface area contributed by atoms with Crippen LogP contribution in [0.5, 0.6) is 0 Å². The molecule has 1 aromatic carbocycles. The van der Waals surface area contributed by atoms with Crippen molar-refractivity contribution in [2.45, 2.75) is 23.4 Å². The normalized spacial score (nSPS) is 11.9. The van der Waals surface area contributed by atoms with Gasteiger partial charge in [-0.05, 0) is 25.2 Å². The highest BCUT2D eigenvalue weighted by atomic mass is 32.2. The Kier molecular flexibility index (Phi) is 5.23. The van der Waals surface area contributed by atoms with Crippen LogP contribution in [0.3, 0.4) is 0 Å². The van der Waals surface area contributed by atoms with E-state index in [0.717, 1.165) is 11.3 Å². The minimum Gasteiger partial charge on any atom is -0.315 e. The van der Waals surface area contributed by atoms with Crippen LogP contribution < -0.4 is 5.32 Å². The van der Waals surface area contributed by atoms with Crippen molar-refractivity contribution in [2.24, 2.45) is 0 Å². The monoisotopic (exact) mass is 336 g/mol. The van der Waals surface area contributed by atoms with Gasteiger partial charge in [-0.2, -0.15) is 13.2 Å². The number of halogens is 4.